The van der Waals surface area contributed by atoms with E-state index < -0.39 is 19.3 Å². The van der Waals surface area contributed by atoms with Crippen LogP contribution in [-0.2, 0) is 9.36 Å². The molecule has 1 saturated carbocycles. The second-order valence-corrected chi connectivity index (χ2v) is 11.4. The molecular weight excluding hydrogens is 379 g/mol. The van der Waals surface area contributed by atoms with Crippen LogP contribution in [0.4, 0.5) is 0 Å². The molecule has 0 heterocycles. The van der Waals surface area contributed by atoms with Crippen molar-refractivity contribution >= 4 is 35.9 Å². The lowest BCUT2D eigenvalue weighted by Crippen LogP contribution is -2.23. The number of carboxylic acid groups (broad SMARTS) is 1. The second-order valence-electron chi connectivity index (χ2n) is 7.55. The standard InChI is InChI=1S/C21H27O4PS/c22-21(23)18(13-16-7-2-1-3-8-16)14-26(24,25)15-27-20-12-6-10-17-9-4-5-11-19(17)20/h4-6,9-12,16,18H,1-3,7-8,13-15H2,(H,22,23)(H,24,25). The Morgan fingerprint density at radius 1 is 1.11 bits per heavy atom. The predicted octanol–water partition coefficient (Wildman–Crippen LogP) is 5.83. The zero-order valence-electron chi connectivity index (χ0n) is 15.4. The lowest BCUT2D eigenvalue weighted by molar-refractivity contribution is -0.141. The van der Waals surface area contributed by atoms with Crippen molar-refractivity contribution in [2.45, 2.75) is 43.4 Å². The van der Waals surface area contributed by atoms with Crippen molar-refractivity contribution in [1.29, 1.82) is 0 Å². The normalized spacial score (nSPS) is 18.9. The van der Waals surface area contributed by atoms with Crippen molar-refractivity contribution in [1.82, 2.24) is 0 Å². The number of carboxylic acids is 1. The number of fused-ring (bicyclic) bond motifs is 1. The molecule has 6 heteroatoms. The summed E-state index contributed by atoms with van der Waals surface area (Å²) in [6, 6.07) is 13.8. The fourth-order valence-corrected chi connectivity index (χ4v) is 7.26. The second kappa shape index (κ2) is 9.27. The van der Waals surface area contributed by atoms with E-state index in [1.54, 1.807) is 0 Å². The average Bonchev–Trinajstić information content (AvgIpc) is 2.66. The van der Waals surface area contributed by atoms with Gasteiger partial charge in [-0.1, -0.05) is 68.5 Å². The lowest BCUT2D eigenvalue weighted by atomic mass is 9.83. The van der Waals surface area contributed by atoms with Gasteiger partial charge in [0.25, 0.3) is 0 Å². The number of hydrogen-bond acceptors (Lipinski definition) is 3. The average molecular weight is 406 g/mol. The van der Waals surface area contributed by atoms with Crippen molar-refractivity contribution in [3.8, 4) is 0 Å². The molecule has 2 unspecified atom stereocenters. The first-order valence-electron chi connectivity index (χ1n) is 9.59. The highest BCUT2D eigenvalue weighted by Crippen LogP contribution is 2.49. The molecular formula is C21H27O4PS. The summed E-state index contributed by atoms with van der Waals surface area (Å²) in [5.41, 5.74) is 0.0510. The lowest BCUT2D eigenvalue weighted by Gasteiger charge is -2.25. The van der Waals surface area contributed by atoms with E-state index in [9.17, 15) is 19.4 Å². The van der Waals surface area contributed by atoms with Gasteiger partial charge >= 0.3 is 5.97 Å². The minimum Gasteiger partial charge on any atom is -0.481 e. The monoisotopic (exact) mass is 406 g/mol. The first-order valence-corrected chi connectivity index (χ1v) is 12.6. The number of aliphatic carboxylic acids is 1. The summed E-state index contributed by atoms with van der Waals surface area (Å²) in [5, 5.41) is 11.7. The highest BCUT2D eigenvalue weighted by Gasteiger charge is 2.31. The number of carbonyl (C=O) groups is 1. The van der Waals surface area contributed by atoms with Gasteiger partial charge in [0.05, 0.1) is 11.4 Å². The third-order valence-corrected chi connectivity index (χ3v) is 9.18. The maximum absolute atomic E-state index is 12.8. The Bertz CT molecular complexity index is 827. The molecule has 146 valence electrons. The van der Waals surface area contributed by atoms with Gasteiger partial charge in [0.2, 0.25) is 7.37 Å². The molecule has 2 aromatic rings. The summed E-state index contributed by atoms with van der Waals surface area (Å²) in [5.74, 6) is -1.28. The first kappa shape index (κ1) is 20.4. The molecule has 0 spiro atoms. The van der Waals surface area contributed by atoms with E-state index in [4.69, 9.17) is 0 Å². The summed E-state index contributed by atoms with van der Waals surface area (Å²) in [6.07, 6.45) is 5.99. The van der Waals surface area contributed by atoms with Crippen LogP contribution in [0.25, 0.3) is 10.8 Å². The minimum absolute atomic E-state index is 0.0510. The zero-order chi connectivity index (χ0) is 19.3. The van der Waals surface area contributed by atoms with Crippen LogP contribution in [-0.4, -0.2) is 27.6 Å². The fraction of sp³-hybridized carbons (Fsp3) is 0.476. The summed E-state index contributed by atoms with van der Waals surface area (Å²) in [4.78, 5) is 23.1. The van der Waals surface area contributed by atoms with Crippen LogP contribution in [0.2, 0.25) is 0 Å². The topological polar surface area (TPSA) is 74.6 Å². The Morgan fingerprint density at radius 2 is 1.81 bits per heavy atom. The van der Waals surface area contributed by atoms with Gasteiger partial charge in [-0.25, -0.2) is 0 Å². The molecule has 1 aliphatic carbocycles. The van der Waals surface area contributed by atoms with E-state index in [0.717, 1.165) is 41.4 Å². The van der Waals surface area contributed by atoms with Crippen LogP contribution in [0.1, 0.15) is 38.5 Å². The number of rotatable bonds is 8. The summed E-state index contributed by atoms with van der Waals surface area (Å²) < 4.78 is 12.8. The van der Waals surface area contributed by atoms with Gasteiger partial charge in [-0.2, -0.15) is 0 Å². The third kappa shape index (κ3) is 5.84. The molecule has 0 saturated heterocycles. The van der Waals surface area contributed by atoms with E-state index in [-0.39, 0.29) is 11.7 Å². The van der Waals surface area contributed by atoms with Crippen LogP contribution in [0, 0.1) is 11.8 Å². The van der Waals surface area contributed by atoms with Gasteiger partial charge < -0.3 is 10.00 Å². The predicted molar refractivity (Wildman–Crippen MR) is 112 cm³/mol. The van der Waals surface area contributed by atoms with Crippen molar-refractivity contribution in [2.75, 3.05) is 11.7 Å². The molecule has 2 N–H and O–H groups in total. The Morgan fingerprint density at radius 3 is 2.56 bits per heavy atom. The molecule has 3 rings (SSSR count). The Labute approximate surface area is 164 Å². The third-order valence-electron chi connectivity index (χ3n) is 5.37. The largest absolute Gasteiger partial charge is 0.481 e. The van der Waals surface area contributed by atoms with E-state index in [0.29, 0.717) is 12.3 Å². The molecule has 0 amide bonds. The van der Waals surface area contributed by atoms with Crippen molar-refractivity contribution in [2.24, 2.45) is 11.8 Å². The maximum atomic E-state index is 12.8. The molecule has 2 atom stereocenters. The van der Waals surface area contributed by atoms with E-state index >= 15 is 0 Å². The molecule has 0 aromatic heterocycles. The quantitative estimate of drug-likeness (QED) is 0.426. The van der Waals surface area contributed by atoms with Gasteiger partial charge in [0, 0.05) is 11.1 Å². The molecule has 1 aliphatic rings. The van der Waals surface area contributed by atoms with Gasteiger partial charge in [0.1, 0.15) is 0 Å². The minimum atomic E-state index is -3.53. The molecule has 4 nitrogen and oxygen atoms in total. The van der Waals surface area contributed by atoms with Crippen molar-refractivity contribution in [3.05, 3.63) is 42.5 Å². The zero-order valence-corrected chi connectivity index (χ0v) is 17.1. The Balaban J connectivity index is 1.63. The molecule has 27 heavy (non-hydrogen) atoms. The van der Waals surface area contributed by atoms with Gasteiger partial charge in [0.15, 0.2) is 0 Å². The molecule has 0 radical (unpaired) electrons. The Hall–Kier alpha value is -1.29. The maximum Gasteiger partial charge on any atom is 0.307 e. The fourth-order valence-electron chi connectivity index (χ4n) is 3.97. The van der Waals surface area contributed by atoms with Crippen LogP contribution >= 0.6 is 19.1 Å². The van der Waals surface area contributed by atoms with Crippen molar-refractivity contribution < 1.29 is 19.4 Å². The highest BCUT2D eigenvalue weighted by molar-refractivity contribution is 8.05. The van der Waals surface area contributed by atoms with Crippen molar-refractivity contribution in [3.63, 3.8) is 0 Å². The molecule has 2 aromatic carbocycles. The number of thioether (sulfide) groups is 1. The summed E-state index contributed by atoms with van der Waals surface area (Å²) in [6.45, 7) is 0. The van der Waals surface area contributed by atoms with Gasteiger partial charge in [-0.15, -0.1) is 11.8 Å². The smallest absolute Gasteiger partial charge is 0.307 e. The van der Waals surface area contributed by atoms with Gasteiger partial charge in [-0.05, 0) is 29.2 Å². The van der Waals surface area contributed by atoms with Crippen LogP contribution in [0.15, 0.2) is 47.4 Å². The van der Waals surface area contributed by atoms with Crippen LogP contribution in [0.5, 0.6) is 0 Å². The Kier molecular flexibility index (Phi) is 7.02. The van der Waals surface area contributed by atoms with Crippen LogP contribution < -0.4 is 0 Å². The SMILES string of the molecule is O=C(O)C(CC1CCCCC1)CP(=O)(O)CSc1cccc2ccccc12. The number of benzene rings is 2. The first-order chi connectivity index (χ1) is 12.9. The summed E-state index contributed by atoms with van der Waals surface area (Å²) in [7, 11) is -3.53. The van der Waals surface area contributed by atoms with Gasteiger partial charge in [-0.3, -0.25) is 9.36 Å². The van der Waals surface area contributed by atoms with Crippen LogP contribution in [0.3, 0.4) is 0 Å². The van der Waals surface area contributed by atoms with E-state index in [2.05, 4.69) is 0 Å². The summed E-state index contributed by atoms with van der Waals surface area (Å²) >= 11 is 1.35. The highest BCUT2D eigenvalue weighted by atomic mass is 32.2. The molecule has 0 bridgehead atoms. The number of hydrogen-bond donors (Lipinski definition) is 2. The van der Waals surface area contributed by atoms with E-state index in [1.807, 2.05) is 42.5 Å². The molecule has 0 aliphatic heterocycles. The molecule has 1 fully saturated rings. The van der Waals surface area contributed by atoms with E-state index in [1.165, 1.54) is 18.2 Å².